The number of nitrogens with one attached hydrogen (secondary N) is 2. The molecule has 0 saturated heterocycles. The van der Waals surface area contributed by atoms with E-state index in [1.165, 1.54) is 23.1 Å². The molecule has 0 unspecified atom stereocenters. The molecule has 3 heterocycles. The number of hydrogen-bond donors (Lipinski definition) is 2. The third-order valence-corrected chi connectivity index (χ3v) is 7.63. The van der Waals surface area contributed by atoms with E-state index in [-0.39, 0.29) is 11.7 Å². The summed E-state index contributed by atoms with van der Waals surface area (Å²) >= 11 is 18.1. The maximum atomic E-state index is 12.4. The molecule has 0 aliphatic heterocycles. The molecule has 0 bridgehead atoms. The Kier molecular flexibility index (Phi) is 6.53. The molecule has 0 atom stereocenters. The normalized spacial score (nSPS) is 11.4. The van der Waals surface area contributed by atoms with E-state index >= 15 is 0 Å². The number of fused-ring (bicyclic) bond motifs is 3. The van der Waals surface area contributed by atoms with Crippen molar-refractivity contribution in [1.29, 1.82) is 0 Å². The van der Waals surface area contributed by atoms with Gasteiger partial charge in [-0.25, -0.2) is 9.97 Å². The Hall–Kier alpha value is -2.24. The SMILES string of the molecule is O=C(CSc1nnc2c(n1)[nH]c1ccc(Br)cc12)Nc1ncc(Cc2ccc(Cl)c(Cl)c2)s1. The van der Waals surface area contributed by atoms with E-state index in [4.69, 9.17) is 23.2 Å². The van der Waals surface area contributed by atoms with E-state index < -0.39 is 0 Å². The van der Waals surface area contributed by atoms with Crippen molar-refractivity contribution in [1.82, 2.24) is 25.1 Å². The first-order chi connectivity index (χ1) is 15.9. The van der Waals surface area contributed by atoms with Crippen LogP contribution in [0.2, 0.25) is 10.0 Å². The van der Waals surface area contributed by atoms with Crippen molar-refractivity contribution < 1.29 is 4.79 Å². The van der Waals surface area contributed by atoms with Crippen LogP contribution in [0.5, 0.6) is 0 Å². The van der Waals surface area contributed by atoms with Crippen molar-refractivity contribution >= 4 is 95.3 Å². The van der Waals surface area contributed by atoms with Gasteiger partial charge in [-0.3, -0.25) is 4.79 Å². The summed E-state index contributed by atoms with van der Waals surface area (Å²) < 4.78 is 0.954. The average Bonchev–Trinajstić information content (AvgIpc) is 3.38. The highest BCUT2D eigenvalue weighted by atomic mass is 79.9. The summed E-state index contributed by atoms with van der Waals surface area (Å²) in [6, 6.07) is 11.4. The van der Waals surface area contributed by atoms with E-state index in [0.29, 0.717) is 37.9 Å². The highest BCUT2D eigenvalue weighted by molar-refractivity contribution is 9.10. The van der Waals surface area contributed by atoms with Crippen LogP contribution in [0.15, 0.2) is 52.2 Å². The zero-order valence-electron chi connectivity index (χ0n) is 16.6. The number of carbonyl (C=O) groups excluding carboxylic acids is 1. The molecule has 5 rings (SSSR count). The molecular weight excluding hydrogens is 567 g/mol. The predicted octanol–water partition coefficient (Wildman–Crippen LogP) is 6.35. The number of nitrogens with zero attached hydrogens (tertiary/aromatic N) is 4. The molecule has 0 aliphatic carbocycles. The summed E-state index contributed by atoms with van der Waals surface area (Å²) in [5.41, 5.74) is 3.27. The fourth-order valence-corrected chi connectivity index (χ4v) is 5.30. The van der Waals surface area contributed by atoms with Crippen LogP contribution in [0.25, 0.3) is 22.1 Å². The molecule has 12 heteroatoms. The number of benzene rings is 2. The molecule has 0 saturated carbocycles. The van der Waals surface area contributed by atoms with E-state index in [1.54, 1.807) is 12.3 Å². The number of hydrogen-bond acceptors (Lipinski definition) is 7. The second-order valence-electron chi connectivity index (χ2n) is 7.00. The minimum Gasteiger partial charge on any atom is -0.338 e. The highest BCUT2D eigenvalue weighted by Gasteiger charge is 2.13. The third-order valence-electron chi connectivity index (χ3n) is 4.65. The fourth-order valence-electron chi connectivity index (χ4n) is 3.17. The van der Waals surface area contributed by atoms with Crippen LogP contribution in [0.1, 0.15) is 10.4 Å². The molecular formula is C21H13BrCl2N6OS2. The van der Waals surface area contributed by atoms with E-state index in [1.807, 2.05) is 30.3 Å². The first-order valence-corrected chi connectivity index (χ1v) is 12.9. The molecule has 166 valence electrons. The van der Waals surface area contributed by atoms with E-state index in [0.717, 1.165) is 25.8 Å². The summed E-state index contributed by atoms with van der Waals surface area (Å²) in [7, 11) is 0. The molecule has 0 aliphatic rings. The van der Waals surface area contributed by atoms with Crippen LogP contribution in [0.4, 0.5) is 5.13 Å². The van der Waals surface area contributed by atoms with Crippen molar-refractivity contribution in [2.24, 2.45) is 0 Å². The Morgan fingerprint density at radius 1 is 1.15 bits per heavy atom. The maximum absolute atomic E-state index is 12.4. The quantitative estimate of drug-likeness (QED) is 0.227. The number of rotatable bonds is 6. The zero-order chi connectivity index (χ0) is 22.9. The van der Waals surface area contributed by atoms with Gasteiger partial charge in [-0.2, -0.15) is 0 Å². The smallest absolute Gasteiger partial charge is 0.236 e. The monoisotopic (exact) mass is 578 g/mol. The number of H-pyrrole nitrogens is 1. The number of carbonyl (C=O) groups is 1. The van der Waals surface area contributed by atoms with Gasteiger partial charge in [0.1, 0.15) is 5.52 Å². The first kappa shape index (κ1) is 22.5. The minimum atomic E-state index is -0.195. The minimum absolute atomic E-state index is 0.140. The van der Waals surface area contributed by atoms with Gasteiger partial charge in [0.2, 0.25) is 11.1 Å². The molecule has 1 amide bonds. The molecule has 33 heavy (non-hydrogen) atoms. The molecule has 2 aromatic carbocycles. The highest BCUT2D eigenvalue weighted by Crippen LogP contribution is 2.28. The Morgan fingerprint density at radius 2 is 2.03 bits per heavy atom. The Morgan fingerprint density at radius 3 is 2.88 bits per heavy atom. The number of thioether (sulfide) groups is 1. The molecule has 7 nitrogen and oxygen atoms in total. The van der Waals surface area contributed by atoms with Gasteiger partial charge >= 0.3 is 0 Å². The van der Waals surface area contributed by atoms with Gasteiger partial charge in [-0.15, -0.1) is 21.5 Å². The Bertz CT molecular complexity index is 1510. The van der Waals surface area contributed by atoms with Crippen LogP contribution >= 0.6 is 62.2 Å². The number of aromatic amines is 1. The third kappa shape index (κ3) is 5.15. The van der Waals surface area contributed by atoms with Crippen LogP contribution in [-0.4, -0.2) is 36.8 Å². The van der Waals surface area contributed by atoms with Crippen LogP contribution < -0.4 is 5.32 Å². The summed E-state index contributed by atoms with van der Waals surface area (Å²) in [6.45, 7) is 0. The Labute approximate surface area is 214 Å². The first-order valence-electron chi connectivity index (χ1n) is 9.57. The molecule has 0 radical (unpaired) electrons. The summed E-state index contributed by atoms with van der Waals surface area (Å²) in [5.74, 6) is -0.0552. The van der Waals surface area contributed by atoms with Gasteiger partial charge in [0, 0.05) is 32.9 Å². The lowest BCUT2D eigenvalue weighted by molar-refractivity contribution is -0.113. The largest absolute Gasteiger partial charge is 0.338 e. The fraction of sp³-hybridized carbons (Fsp3) is 0.0952. The molecule has 5 aromatic rings. The van der Waals surface area contributed by atoms with Crippen LogP contribution in [-0.2, 0) is 11.2 Å². The Balaban J connectivity index is 1.20. The second kappa shape index (κ2) is 9.55. The lowest BCUT2D eigenvalue weighted by atomic mass is 10.1. The van der Waals surface area contributed by atoms with Crippen LogP contribution in [0, 0.1) is 0 Å². The maximum Gasteiger partial charge on any atom is 0.236 e. The number of aromatic nitrogens is 5. The number of amides is 1. The lowest BCUT2D eigenvalue weighted by Gasteiger charge is -2.02. The van der Waals surface area contributed by atoms with E-state index in [9.17, 15) is 4.79 Å². The molecule has 3 aromatic heterocycles. The summed E-state index contributed by atoms with van der Waals surface area (Å²) in [6.07, 6.45) is 2.39. The lowest BCUT2D eigenvalue weighted by Crippen LogP contribution is -2.14. The average molecular weight is 580 g/mol. The summed E-state index contributed by atoms with van der Waals surface area (Å²) in [4.78, 5) is 25.4. The number of thiazole rings is 1. The summed E-state index contributed by atoms with van der Waals surface area (Å²) in [5, 5.41) is 14.2. The number of halogens is 3. The van der Waals surface area contributed by atoms with Crippen molar-refractivity contribution in [2.75, 3.05) is 11.1 Å². The van der Waals surface area contributed by atoms with Crippen molar-refractivity contribution in [3.8, 4) is 0 Å². The zero-order valence-corrected chi connectivity index (χ0v) is 21.3. The van der Waals surface area contributed by atoms with Gasteiger partial charge in [0.25, 0.3) is 0 Å². The topological polar surface area (TPSA) is 96.5 Å². The van der Waals surface area contributed by atoms with Gasteiger partial charge < -0.3 is 10.3 Å². The van der Waals surface area contributed by atoms with Gasteiger partial charge in [-0.05, 0) is 35.9 Å². The predicted molar refractivity (Wildman–Crippen MR) is 138 cm³/mol. The van der Waals surface area contributed by atoms with Crippen molar-refractivity contribution in [3.05, 3.63) is 67.6 Å². The van der Waals surface area contributed by atoms with Gasteiger partial charge in [-0.1, -0.05) is 57.0 Å². The second-order valence-corrected chi connectivity index (χ2v) is 10.8. The molecule has 0 fully saturated rings. The van der Waals surface area contributed by atoms with Gasteiger partial charge in [0.05, 0.1) is 15.8 Å². The van der Waals surface area contributed by atoms with Crippen LogP contribution in [0.3, 0.4) is 0 Å². The molecule has 0 spiro atoms. The number of anilines is 1. The van der Waals surface area contributed by atoms with Gasteiger partial charge in [0.15, 0.2) is 10.8 Å². The van der Waals surface area contributed by atoms with Crippen molar-refractivity contribution in [2.45, 2.75) is 11.6 Å². The van der Waals surface area contributed by atoms with E-state index in [2.05, 4.69) is 46.4 Å². The van der Waals surface area contributed by atoms with Crippen molar-refractivity contribution in [3.63, 3.8) is 0 Å². The standard InChI is InChI=1S/C21H13BrCl2N6OS2/c22-11-2-4-16-13(7-11)18-19(26-16)28-21(30-29-18)32-9-17(31)27-20-25-8-12(33-20)5-10-1-3-14(23)15(24)6-10/h1-4,6-8H,5,9H2,(H,25,27,31)(H,26,28,30). The molecule has 2 N–H and O–H groups in total.